The molecule has 0 amide bonds. The van der Waals surface area contributed by atoms with Gasteiger partial charge in [0.1, 0.15) is 0 Å². The maximum atomic E-state index is 3.38. The van der Waals surface area contributed by atoms with Crippen LogP contribution >= 0.6 is 0 Å². The second kappa shape index (κ2) is 5.73. The number of rotatable bonds is 3. The quantitative estimate of drug-likeness (QED) is 0.879. The Morgan fingerprint density at radius 1 is 0.955 bits per heavy atom. The molecule has 2 aromatic carbocycles. The van der Waals surface area contributed by atoms with Gasteiger partial charge in [0, 0.05) is 19.0 Å². The smallest absolute Gasteiger partial charge is 0.00508 e. The number of aryl methyl sites for hydroxylation is 2. The maximum absolute atomic E-state index is 3.38. The fourth-order valence-corrected chi connectivity index (χ4v) is 3.50. The van der Waals surface area contributed by atoms with Crippen LogP contribution in [0.5, 0.6) is 0 Å². The molecule has 1 aliphatic heterocycles. The predicted octanol–water partition coefficient (Wildman–Crippen LogP) is 4.47. The number of hydrogen-bond acceptors (Lipinski definition) is 1. The molecule has 0 radical (unpaired) electrons. The molecule has 1 N–H and O–H groups in total. The van der Waals surface area contributed by atoms with Gasteiger partial charge >= 0.3 is 0 Å². The molecule has 0 spiro atoms. The van der Waals surface area contributed by atoms with Crippen LogP contribution in [0.25, 0.3) is 17.2 Å². The zero-order chi connectivity index (χ0) is 14.9. The van der Waals surface area contributed by atoms with Crippen LogP contribution in [0.4, 0.5) is 0 Å². The first-order chi connectivity index (χ1) is 10.8. The van der Waals surface area contributed by atoms with Gasteiger partial charge in [-0.3, -0.25) is 0 Å². The highest BCUT2D eigenvalue weighted by Crippen LogP contribution is 2.32. The summed E-state index contributed by atoms with van der Waals surface area (Å²) in [6, 6.07) is 16.0. The van der Waals surface area contributed by atoms with Gasteiger partial charge in [-0.15, -0.1) is 0 Å². The standard InChI is InChI=1S/C21H23N/c1-2-15-3-5-16(6-4-15)17-7-8-19-12-20(21-13-22-14-21)10-9-18(19)11-17/h3-8,11-12,21-22H,2,9-10,13-14H2,1H3. The zero-order valence-electron chi connectivity index (χ0n) is 13.2. The molecule has 0 saturated carbocycles. The highest BCUT2D eigenvalue weighted by molar-refractivity contribution is 5.70. The van der Waals surface area contributed by atoms with Crippen LogP contribution in [-0.4, -0.2) is 13.1 Å². The molecule has 112 valence electrons. The van der Waals surface area contributed by atoms with Crippen LogP contribution in [0.1, 0.15) is 30.0 Å². The van der Waals surface area contributed by atoms with Crippen molar-refractivity contribution in [2.24, 2.45) is 5.92 Å². The third kappa shape index (κ3) is 2.50. The van der Waals surface area contributed by atoms with Gasteiger partial charge in [0.2, 0.25) is 0 Å². The highest BCUT2D eigenvalue weighted by Gasteiger charge is 2.23. The molecule has 1 saturated heterocycles. The minimum atomic E-state index is 0.786. The Balaban J connectivity index is 1.63. The van der Waals surface area contributed by atoms with E-state index < -0.39 is 0 Å². The third-order valence-electron chi connectivity index (χ3n) is 5.17. The van der Waals surface area contributed by atoms with Gasteiger partial charge in [-0.1, -0.05) is 61.0 Å². The molecule has 4 rings (SSSR count). The molecule has 22 heavy (non-hydrogen) atoms. The largest absolute Gasteiger partial charge is 0.315 e. The average Bonchev–Trinajstić information content (AvgIpc) is 2.53. The second-order valence-corrected chi connectivity index (χ2v) is 6.54. The molecule has 0 bridgehead atoms. The molecule has 1 heterocycles. The van der Waals surface area contributed by atoms with Gasteiger partial charge in [-0.25, -0.2) is 0 Å². The van der Waals surface area contributed by atoms with E-state index in [2.05, 4.69) is 60.8 Å². The SMILES string of the molecule is CCc1ccc(-c2ccc3c(c2)CCC(C2CNC2)=C3)cc1. The Labute approximate surface area is 133 Å². The van der Waals surface area contributed by atoms with Crippen LogP contribution in [0.3, 0.4) is 0 Å². The Kier molecular flexibility index (Phi) is 3.59. The van der Waals surface area contributed by atoms with E-state index in [1.807, 2.05) is 0 Å². The predicted molar refractivity (Wildman–Crippen MR) is 93.9 cm³/mol. The minimum absolute atomic E-state index is 0.786. The lowest BCUT2D eigenvalue weighted by Crippen LogP contribution is -2.43. The van der Waals surface area contributed by atoms with Gasteiger partial charge in [0.15, 0.2) is 0 Å². The summed E-state index contributed by atoms with van der Waals surface area (Å²) in [6.45, 7) is 4.54. The molecular weight excluding hydrogens is 266 g/mol. The Bertz CT molecular complexity index is 705. The van der Waals surface area contributed by atoms with E-state index in [1.165, 1.54) is 53.7 Å². The van der Waals surface area contributed by atoms with Crippen molar-refractivity contribution < 1.29 is 0 Å². The summed E-state index contributed by atoms with van der Waals surface area (Å²) in [5, 5.41) is 3.38. The van der Waals surface area contributed by atoms with Crippen molar-refractivity contribution >= 4 is 6.08 Å². The monoisotopic (exact) mass is 289 g/mol. The van der Waals surface area contributed by atoms with E-state index in [4.69, 9.17) is 0 Å². The molecule has 0 unspecified atom stereocenters. The molecule has 0 aromatic heterocycles. The molecule has 0 atom stereocenters. The van der Waals surface area contributed by atoms with Crippen LogP contribution in [0.2, 0.25) is 0 Å². The molecule has 1 heteroatoms. The Morgan fingerprint density at radius 3 is 2.41 bits per heavy atom. The lowest BCUT2D eigenvalue weighted by Gasteiger charge is -2.32. The Hall–Kier alpha value is -1.86. The number of hydrogen-bond donors (Lipinski definition) is 1. The van der Waals surface area contributed by atoms with E-state index in [0.717, 1.165) is 12.3 Å². The van der Waals surface area contributed by atoms with Gasteiger partial charge in [-0.2, -0.15) is 0 Å². The van der Waals surface area contributed by atoms with E-state index in [-0.39, 0.29) is 0 Å². The number of fused-ring (bicyclic) bond motifs is 1. The fourth-order valence-electron chi connectivity index (χ4n) is 3.50. The summed E-state index contributed by atoms with van der Waals surface area (Å²) in [7, 11) is 0. The van der Waals surface area contributed by atoms with Crippen LogP contribution in [-0.2, 0) is 12.8 Å². The van der Waals surface area contributed by atoms with Crippen LogP contribution < -0.4 is 5.32 Å². The van der Waals surface area contributed by atoms with Gasteiger partial charge in [0.05, 0.1) is 0 Å². The van der Waals surface area contributed by atoms with Crippen molar-refractivity contribution in [3.63, 3.8) is 0 Å². The second-order valence-electron chi connectivity index (χ2n) is 6.54. The lowest BCUT2D eigenvalue weighted by atomic mass is 9.82. The molecule has 2 aliphatic rings. The van der Waals surface area contributed by atoms with E-state index in [0.29, 0.717) is 0 Å². The van der Waals surface area contributed by atoms with Crippen molar-refractivity contribution in [3.05, 3.63) is 64.7 Å². The molecular formula is C21H23N. The van der Waals surface area contributed by atoms with Gasteiger partial charge in [-0.05, 0) is 47.1 Å². The number of nitrogens with one attached hydrogen (secondary N) is 1. The van der Waals surface area contributed by atoms with E-state index in [9.17, 15) is 0 Å². The van der Waals surface area contributed by atoms with Crippen LogP contribution in [0.15, 0.2) is 48.0 Å². The first-order valence-electron chi connectivity index (χ1n) is 8.47. The topological polar surface area (TPSA) is 12.0 Å². The molecule has 1 nitrogen and oxygen atoms in total. The normalized spacial score (nSPS) is 17.6. The van der Waals surface area contributed by atoms with Crippen molar-refractivity contribution in [2.75, 3.05) is 13.1 Å². The first kappa shape index (κ1) is 13.8. The van der Waals surface area contributed by atoms with E-state index >= 15 is 0 Å². The Morgan fingerprint density at radius 2 is 1.73 bits per heavy atom. The lowest BCUT2D eigenvalue weighted by molar-refractivity contribution is 0.391. The zero-order valence-corrected chi connectivity index (χ0v) is 13.2. The van der Waals surface area contributed by atoms with Crippen molar-refractivity contribution in [3.8, 4) is 11.1 Å². The summed E-state index contributed by atoms with van der Waals surface area (Å²) < 4.78 is 0. The van der Waals surface area contributed by atoms with Gasteiger partial charge in [0.25, 0.3) is 0 Å². The van der Waals surface area contributed by atoms with E-state index in [1.54, 1.807) is 5.57 Å². The summed E-state index contributed by atoms with van der Waals surface area (Å²) >= 11 is 0. The molecule has 1 aliphatic carbocycles. The highest BCUT2D eigenvalue weighted by atomic mass is 14.9. The molecule has 2 aromatic rings. The fraction of sp³-hybridized carbons (Fsp3) is 0.333. The van der Waals surface area contributed by atoms with Crippen LogP contribution in [0, 0.1) is 5.92 Å². The van der Waals surface area contributed by atoms with Crippen molar-refractivity contribution in [1.29, 1.82) is 0 Å². The van der Waals surface area contributed by atoms with Crippen molar-refractivity contribution in [1.82, 2.24) is 5.32 Å². The van der Waals surface area contributed by atoms with Gasteiger partial charge < -0.3 is 5.32 Å². The third-order valence-corrected chi connectivity index (χ3v) is 5.17. The molecule has 1 fully saturated rings. The summed E-state index contributed by atoms with van der Waals surface area (Å²) in [4.78, 5) is 0. The summed E-state index contributed by atoms with van der Waals surface area (Å²) in [6.07, 6.45) is 5.97. The summed E-state index contributed by atoms with van der Waals surface area (Å²) in [5.41, 5.74) is 8.67. The number of benzene rings is 2. The minimum Gasteiger partial charge on any atom is -0.315 e. The summed E-state index contributed by atoms with van der Waals surface area (Å²) in [5.74, 6) is 0.786. The van der Waals surface area contributed by atoms with Crippen molar-refractivity contribution in [2.45, 2.75) is 26.2 Å². The average molecular weight is 289 g/mol. The first-order valence-corrected chi connectivity index (χ1v) is 8.47. The maximum Gasteiger partial charge on any atom is 0.00508 e.